The van der Waals surface area contributed by atoms with Crippen LogP contribution >= 0.6 is 7.82 Å². The van der Waals surface area contributed by atoms with Gasteiger partial charge in [-0.15, -0.1) is 0 Å². The smallest absolute Gasteiger partial charge is 0.387 e. The highest BCUT2D eigenvalue weighted by atomic mass is 31.2. The predicted molar refractivity (Wildman–Crippen MR) is 85.0 cm³/mol. The third-order valence-electron chi connectivity index (χ3n) is 3.52. The summed E-state index contributed by atoms with van der Waals surface area (Å²) in [5.41, 5.74) is 4.84. The van der Waals surface area contributed by atoms with Crippen molar-refractivity contribution in [3.8, 4) is 0 Å². The Hall–Kier alpha value is -1.93. The molecular weight excluding hydrogens is 377 g/mol. The van der Waals surface area contributed by atoms with E-state index in [1.165, 1.54) is 0 Å². The van der Waals surface area contributed by atoms with E-state index in [4.69, 9.17) is 15.0 Å². The van der Waals surface area contributed by atoms with E-state index in [9.17, 15) is 24.9 Å². The number of aromatic nitrogens is 2. The summed E-state index contributed by atoms with van der Waals surface area (Å²) in [5, 5.41) is 33.6. The first-order chi connectivity index (χ1) is 12.2. The molecule has 2 rings (SSSR count). The van der Waals surface area contributed by atoms with E-state index >= 15 is 0 Å². The second-order valence-electron chi connectivity index (χ2n) is 5.04. The largest absolute Gasteiger partial charge is 0.474 e. The summed E-state index contributed by atoms with van der Waals surface area (Å²) in [4.78, 5) is 17.5. The summed E-state index contributed by atoms with van der Waals surface area (Å²) >= 11 is 0. The molecule has 1 unspecified atom stereocenters. The average Bonchev–Trinajstić information content (AvgIpc) is 2.87. The van der Waals surface area contributed by atoms with Crippen molar-refractivity contribution in [3.63, 3.8) is 0 Å². The average molecular weight is 395 g/mol. The lowest BCUT2D eigenvalue weighted by atomic mass is 10.1. The Bertz CT molecular complexity index is 699. The quantitative estimate of drug-likeness (QED) is 0.243. The topological polar surface area (TPSA) is 201 Å². The number of anilines is 2. The molecule has 0 radical (unpaired) electrons. The van der Waals surface area contributed by atoms with E-state index in [0.717, 1.165) is 20.5 Å². The Morgan fingerprint density at radius 3 is 2.62 bits per heavy atom. The Morgan fingerprint density at radius 1 is 1.38 bits per heavy atom. The summed E-state index contributed by atoms with van der Waals surface area (Å²) in [6, 6.07) is 0. The monoisotopic (exact) mass is 395 g/mol. The Kier molecular flexibility index (Phi) is 6.41. The van der Waals surface area contributed by atoms with Crippen LogP contribution in [0.1, 0.15) is 0 Å². The number of nitro groups is 1. The van der Waals surface area contributed by atoms with Crippen molar-refractivity contribution < 1.29 is 38.0 Å². The number of aliphatic hydroxyl groups excluding tert-OH is 2. The van der Waals surface area contributed by atoms with Crippen LogP contribution in [0.2, 0.25) is 0 Å². The molecular formula is C11H18N5O9P. The Morgan fingerprint density at radius 2 is 2.04 bits per heavy atom. The summed E-state index contributed by atoms with van der Waals surface area (Å²) in [5.74, 6) is -0.693. The summed E-state index contributed by atoms with van der Waals surface area (Å²) in [6.07, 6.45) is -4.37. The van der Waals surface area contributed by atoms with Crippen LogP contribution in [0.4, 0.5) is 17.3 Å². The van der Waals surface area contributed by atoms with Gasteiger partial charge in [0.25, 0.3) is 0 Å². The summed E-state index contributed by atoms with van der Waals surface area (Å²) in [7, 11) is -1.60. The second kappa shape index (κ2) is 8.18. The number of nitrogen functional groups attached to an aromatic ring is 1. The number of aliphatic hydroxyl groups is 2. The van der Waals surface area contributed by atoms with E-state index in [-0.39, 0.29) is 11.6 Å². The number of ether oxygens (including phenoxy) is 1. The van der Waals surface area contributed by atoms with Crippen molar-refractivity contribution in [2.24, 2.45) is 0 Å². The van der Waals surface area contributed by atoms with E-state index < -0.39 is 49.6 Å². The van der Waals surface area contributed by atoms with E-state index in [1.54, 1.807) is 0 Å². The van der Waals surface area contributed by atoms with Crippen molar-refractivity contribution >= 4 is 25.1 Å². The molecule has 1 aromatic heterocycles. The van der Waals surface area contributed by atoms with Crippen LogP contribution in [0.3, 0.4) is 0 Å². The molecule has 2 heterocycles. The normalized spacial score (nSPS) is 26.0. The van der Waals surface area contributed by atoms with Gasteiger partial charge in [-0.25, -0.2) is 14.5 Å². The van der Waals surface area contributed by atoms with Crippen molar-refractivity contribution in [1.82, 2.24) is 9.97 Å². The first-order valence-corrected chi connectivity index (χ1v) is 8.57. The number of phosphoric acid groups is 1. The number of nitrogens with two attached hydrogens (primary N) is 1. The molecule has 0 bridgehead atoms. The third-order valence-corrected chi connectivity index (χ3v) is 4.88. The number of nitrogens with one attached hydrogen (secondary N) is 1. The molecule has 0 aliphatic carbocycles. The van der Waals surface area contributed by atoms with Crippen LogP contribution in [0, 0.1) is 10.1 Å². The van der Waals surface area contributed by atoms with Gasteiger partial charge in [0.15, 0.2) is 6.23 Å². The van der Waals surface area contributed by atoms with Gasteiger partial charge in [-0.3, -0.25) is 23.7 Å². The zero-order valence-corrected chi connectivity index (χ0v) is 14.6. The van der Waals surface area contributed by atoms with E-state index in [0.29, 0.717) is 0 Å². The lowest BCUT2D eigenvalue weighted by molar-refractivity contribution is -0.383. The molecule has 1 aliphatic heterocycles. The maximum Gasteiger partial charge on any atom is 0.474 e. The Balaban J connectivity index is 2.10. The molecule has 1 aliphatic rings. The fourth-order valence-electron chi connectivity index (χ4n) is 2.16. The zero-order valence-electron chi connectivity index (χ0n) is 13.7. The molecule has 1 saturated heterocycles. The lowest BCUT2D eigenvalue weighted by Crippen LogP contribution is -2.37. The second-order valence-corrected chi connectivity index (χ2v) is 6.92. The first-order valence-electron chi connectivity index (χ1n) is 7.11. The van der Waals surface area contributed by atoms with Crippen LogP contribution in [-0.2, 0) is 22.9 Å². The van der Waals surface area contributed by atoms with Gasteiger partial charge in [-0.1, -0.05) is 0 Å². The van der Waals surface area contributed by atoms with Crippen molar-refractivity contribution in [2.75, 3.05) is 31.9 Å². The van der Waals surface area contributed by atoms with Crippen LogP contribution in [0.5, 0.6) is 0 Å². The van der Waals surface area contributed by atoms with Crippen LogP contribution in [-0.4, -0.2) is 70.5 Å². The van der Waals surface area contributed by atoms with Gasteiger partial charge in [0.1, 0.15) is 24.6 Å². The summed E-state index contributed by atoms with van der Waals surface area (Å²) < 4.78 is 31.3. The van der Waals surface area contributed by atoms with Crippen LogP contribution in [0.15, 0.2) is 6.33 Å². The van der Waals surface area contributed by atoms with Gasteiger partial charge in [0.05, 0.1) is 11.5 Å². The van der Waals surface area contributed by atoms with Gasteiger partial charge in [-0.05, 0) is 0 Å². The maximum absolute atomic E-state index is 11.8. The molecule has 1 aromatic rings. The molecule has 4 atom stereocenters. The highest BCUT2D eigenvalue weighted by molar-refractivity contribution is 7.48. The van der Waals surface area contributed by atoms with Crippen molar-refractivity contribution in [2.45, 2.75) is 24.5 Å². The molecule has 0 spiro atoms. The minimum Gasteiger partial charge on any atom is -0.387 e. The Labute approximate surface area is 147 Å². The van der Waals surface area contributed by atoms with Gasteiger partial charge in [0.2, 0.25) is 11.6 Å². The summed E-state index contributed by atoms with van der Waals surface area (Å²) in [6.45, 7) is -0.441. The van der Waals surface area contributed by atoms with Gasteiger partial charge in [-0.2, -0.15) is 0 Å². The number of hydrogen-bond acceptors (Lipinski definition) is 13. The SMILES string of the molecule is COP(=O)(OC)OC[C@H]1OC(Nc2ncnc(N)c2[N+](=O)[O-])[C@H](O)[C@@H]1O. The van der Waals surface area contributed by atoms with Crippen molar-refractivity contribution in [1.29, 1.82) is 0 Å². The number of phosphoric ester groups is 1. The fraction of sp³-hybridized carbons (Fsp3) is 0.636. The highest BCUT2D eigenvalue weighted by Gasteiger charge is 2.45. The molecule has 26 heavy (non-hydrogen) atoms. The molecule has 1 fully saturated rings. The molecule has 146 valence electrons. The molecule has 0 aromatic carbocycles. The predicted octanol–water partition coefficient (Wildman–Crippen LogP) is -0.757. The van der Waals surface area contributed by atoms with E-state index in [1.807, 2.05) is 0 Å². The van der Waals surface area contributed by atoms with Crippen LogP contribution in [0.25, 0.3) is 0 Å². The third kappa shape index (κ3) is 4.24. The molecule has 15 heteroatoms. The highest BCUT2D eigenvalue weighted by Crippen LogP contribution is 2.48. The number of nitrogens with zero attached hydrogens (tertiary/aromatic N) is 3. The minimum absolute atomic E-state index is 0.306. The molecule has 5 N–H and O–H groups in total. The lowest BCUT2D eigenvalue weighted by Gasteiger charge is -2.18. The van der Waals surface area contributed by atoms with Crippen molar-refractivity contribution in [3.05, 3.63) is 16.4 Å². The van der Waals surface area contributed by atoms with E-state index in [2.05, 4.69) is 24.3 Å². The van der Waals surface area contributed by atoms with Crippen LogP contribution < -0.4 is 11.1 Å². The maximum atomic E-state index is 11.8. The minimum atomic E-state index is -3.81. The van der Waals surface area contributed by atoms with Gasteiger partial charge >= 0.3 is 13.5 Å². The number of hydrogen-bond donors (Lipinski definition) is 4. The first kappa shape index (κ1) is 20.4. The molecule has 0 saturated carbocycles. The number of rotatable bonds is 8. The van der Waals surface area contributed by atoms with Gasteiger partial charge in [0, 0.05) is 14.2 Å². The zero-order chi connectivity index (χ0) is 19.5. The molecule has 14 nitrogen and oxygen atoms in total. The van der Waals surface area contributed by atoms with Gasteiger partial charge < -0.3 is 26.0 Å². The standard InChI is InChI=1S/C11H18N5O9P/c1-22-26(21,23-2)24-3-5-7(17)8(18)11(25-5)15-10-6(16(19)20)9(12)13-4-14-10/h4-5,7-8,11,17-18H,3H2,1-2H3,(H3,12,13,14,15)/t5-,7-,8-,11?/m1/s1. The fourth-order valence-corrected chi connectivity index (χ4v) is 2.85. The molecule has 0 amide bonds.